The molecule has 88 valence electrons. The molecule has 2 rings (SSSR count). The van der Waals surface area contributed by atoms with Crippen LogP contribution in [0.2, 0.25) is 0 Å². The summed E-state index contributed by atoms with van der Waals surface area (Å²) in [6, 6.07) is 3.09. The van der Waals surface area contributed by atoms with Crippen LogP contribution in [0.4, 0.5) is 5.00 Å². The summed E-state index contributed by atoms with van der Waals surface area (Å²) in [6.45, 7) is 0. The number of nitrogens with zero attached hydrogens (tertiary/aromatic N) is 1. The molecule has 2 aromatic heterocycles. The SMILES string of the molecule is NC(=O)c1cc(Br)sc1NC(=O)c1cc[nH]n1. The van der Waals surface area contributed by atoms with Crippen LogP contribution in [0.25, 0.3) is 0 Å². The number of thiophene rings is 1. The molecule has 2 heterocycles. The van der Waals surface area contributed by atoms with E-state index in [0.29, 0.717) is 8.79 Å². The highest BCUT2D eigenvalue weighted by Gasteiger charge is 2.16. The van der Waals surface area contributed by atoms with Crippen LogP contribution in [0.15, 0.2) is 22.1 Å². The van der Waals surface area contributed by atoms with Gasteiger partial charge in [0.15, 0.2) is 0 Å². The first-order valence-corrected chi connectivity index (χ1v) is 6.09. The number of carbonyl (C=O) groups is 2. The molecule has 0 radical (unpaired) electrons. The first-order chi connectivity index (χ1) is 8.08. The van der Waals surface area contributed by atoms with Crippen LogP contribution in [-0.2, 0) is 0 Å². The zero-order valence-corrected chi connectivity index (χ0v) is 10.8. The van der Waals surface area contributed by atoms with E-state index in [9.17, 15) is 9.59 Å². The molecule has 0 aliphatic heterocycles. The van der Waals surface area contributed by atoms with Crippen molar-refractivity contribution in [3.8, 4) is 0 Å². The summed E-state index contributed by atoms with van der Waals surface area (Å²) in [7, 11) is 0. The molecule has 8 heteroatoms. The largest absolute Gasteiger partial charge is 0.366 e. The normalized spacial score (nSPS) is 10.2. The van der Waals surface area contributed by atoms with E-state index in [4.69, 9.17) is 5.73 Å². The highest BCUT2D eigenvalue weighted by atomic mass is 79.9. The molecule has 6 nitrogen and oxygen atoms in total. The maximum absolute atomic E-state index is 11.7. The van der Waals surface area contributed by atoms with Crippen molar-refractivity contribution in [1.82, 2.24) is 10.2 Å². The number of nitrogens with one attached hydrogen (secondary N) is 2. The number of aromatic amines is 1. The van der Waals surface area contributed by atoms with E-state index in [-0.39, 0.29) is 11.3 Å². The smallest absolute Gasteiger partial charge is 0.276 e. The van der Waals surface area contributed by atoms with Gasteiger partial charge >= 0.3 is 0 Å². The zero-order chi connectivity index (χ0) is 12.4. The van der Waals surface area contributed by atoms with Gasteiger partial charge in [-0.2, -0.15) is 5.10 Å². The Bertz CT molecular complexity index is 564. The van der Waals surface area contributed by atoms with Gasteiger partial charge in [-0.25, -0.2) is 0 Å². The second kappa shape index (κ2) is 4.68. The average Bonchev–Trinajstić information content (AvgIpc) is 2.86. The summed E-state index contributed by atoms with van der Waals surface area (Å²) in [5.41, 5.74) is 5.71. The molecule has 0 aromatic carbocycles. The van der Waals surface area contributed by atoms with E-state index >= 15 is 0 Å². The minimum atomic E-state index is -0.593. The van der Waals surface area contributed by atoms with Crippen molar-refractivity contribution in [2.45, 2.75) is 0 Å². The van der Waals surface area contributed by atoms with Gasteiger partial charge in [-0.05, 0) is 28.1 Å². The number of hydrogen-bond donors (Lipinski definition) is 3. The van der Waals surface area contributed by atoms with Crippen LogP contribution in [0.5, 0.6) is 0 Å². The van der Waals surface area contributed by atoms with E-state index in [1.165, 1.54) is 23.6 Å². The Kier molecular flexibility index (Phi) is 3.25. The van der Waals surface area contributed by atoms with Gasteiger partial charge in [0, 0.05) is 6.20 Å². The molecule has 2 amide bonds. The van der Waals surface area contributed by atoms with Crippen molar-refractivity contribution in [2.75, 3.05) is 5.32 Å². The monoisotopic (exact) mass is 314 g/mol. The molecule has 0 aliphatic carbocycles. The maximum atomic E-state index is 11.7. The highest BCUT2D eigenvalue weighted by molar-refractivity contribution is 9.11. The van der Waals surface area contributed by atoms with E-state index in [1.54, 1.807) is 6.07 Å². The topological polar surface area (TPSA) is 101 Å². The lowest BCUT2D eigenvalue weighted by atomic mass is 10.3. The summed E-state index contributed by atoms with van der Waals surface area (Å²) in [4.78, 5) is 22.8. The fourth-order valence-corrected chi connectivity index (χ4v) is 2.69. The molecular weight excluding hydrogens is 308 g/mol. The lowest BCUT2D eigenvalue weighted by Crippen LogP contribution is -2.16. The van der Waals surface area contributed by atoms with Gasteiger partial charge < -0.3 is 11.1 Å². The molecule has 4 N–H and O–H groups in total. The Labute approximate surface area is 108 Å². The van der Waals surface area contributed by atoms with Crippen molar-refractivity contribution in [2.24, 2.45) is 5.73 Å². The zero-order valence-electron chi connectivity index (χ0n) is 8.36. The number of anilines is 1. The van der Waals surface area contributed by atoms with Gasteiger partial charge in [-0.15, -0.1) is 11.3 Å². The van der Waals surface area contributed by atoms with Crippen LogP contribution in [0.3, 0.4) is 0 Å². The van der Waals surface area contributed by atoms with Crippen LogP contribution in [0.1, 0.15) is 20.8 Å². The van der Waals surface area contributed by atoms with Gasteiger partial charge in [0.05, 0.1) is 9.35 Å². The molecule has 0 bridgehead atoms. The second-order valence-corrected chi connectivity index (χ2v) is 5.50. The third-order valence-electron chi connectivity index (χ3n) is 1.93. The molecule has 0 saturated carbocycles. The summed E-state index contributed by atoms with van der Waals surface area (Å²) in [5.74, 6) is -0.993. The molecule has 0 saturated heterocycles. The van der Waals surface area contributed by atoms with Crippen LogP contribution >= 0.6 is 27.3 Å². The number of amides is 2. The van der Waals surface area contributed by atoms with Gasteiger partial charge in [0.1, 0.15) is 10.7 Å². The Hall–Kier alpha value is -1.67. The van der Waals surface area contributed by atoms with Crippen molar-refractivity contribution >= 4 is 44.1 Å². The molecule has 0 spiro atoms. The third kappa shape index (κ3) is 2.53. The Morgan fingerprint density at radius 2 is 2.29 bits per heavy atom. The van der Waals surface area contributed by atoms with Crippen molar-refractivity contribution in [3.05, 3.63) is 33.4 Å². The van der Waals surface area contributed by atoms with Gasteiger partial charge in [0.2, 0.25) is 0 Å². The Balaban J connectivity index is 2.24. The van der Waals surface area contributed by atoms with Crippen LogP contribution in [-0.4, -0.2) is 22.0 Å². The summed E-state index contributed by atoms with van der Waals surface area (Å²) < 4.78 is 0.712. The molecular formula is C9H7BrN4O2S. The number of aromatic nitrogens is 2. The van der Waals surface area contributed by atoms with E-state index < -0.39 is 11.8 Å². The van der Waals surface area contributed by atoms with Gasteiger partial charge in [0.25, 0.3) is 11.8 Å². The van der Waals surface area contributed by atoms with Crippen LogP contribution < -0.4 is 11.1 Å². The molecule has 17 heavy (non-hydrogen) atoms. The van der Waals surface area contributed by atoms with Gasteiger partial charge in [-0.1, -0.05) is 0 Å². The number of H-pyrrole nitrogens is 1. The summed E-state index contributed by atoms with van der Waals surface area (Å²) in [6.07, 6.45) is 1.54. The predicted molar refractivity (Wildman–Crippen MR) is 67.1 cm³/mol. The van der Waals surface area contributed by atoms with Gasteiger partial charge in [-0.3, -0.25) is 14.7 Å². The predicted octanol–water partition coefficient (Wildman–Crippen LogP) is 1.58. The van der Waals surface area contributed by atoms with E-state index in [2.05, 4.69) is 31.4 Å². The number of primary amides is 1. The minimum Gasteiger partial charge on any atom is -0.366 e. The molecule has 0 aliphatic rings. The molecule has 2 aromatic rings. The number of hydrogen-bond acceptors (Lipinski definition) is 4. The van der Waals surface area contributed by atoms with Crippen molar-refractivity contribution in [3.63, 3.8) is 0 Å². The lowest BCUT2D eigenvalue weighted by Gasteiger charge is -2.01. The van der Waals surface area contributed by atoms with E-state index in [0.717, 1.165) is 0 Å². The Morgan fingerprint density at radius 1 is 1.53 bits per heavy atom. The molecule has 0 atom stereocenters. The number of nitrogens with two attached hydrogens (primary N) is 1. The Morgan fingerprint density at radius 3 is 2.88 bits per heavy atom. The fourth-order valence-electron chi connectivity index (χ4n) is 1.19. The number of rotatable bonds is 3. The molecule has 0 fully saturated rings. The van der Waals surface area contributed by atoms with E-state index in [1.807, 2.05) is 0 Å². The third-order valence-corrected chi connectivity index (χ3v) is 3.48. The summed E-state index contributed by atoms with van der Waals surface area (Å²) in [5, 5.41) is 9.25. The first kappa shape index (κ1) is 11.8. The second-order valence-electron chi connectivity index (χ2n) is 3.07. The quantitative estimate of drug-likeness (QED) is 0.801. The van der Waals surface area contributed by atoms with Crippen molar-refractivity contribution < 1.29 is 9.59 Å². The first-order valence-electron chi connectivity index (χ1n) is 4.48. The minimum absolute atomic E-state index is 0.241. The number of halogens is 1. The van der Waals surface area contributed by atoms with Crippen LogP contribution in [0, 0.1) is 0 Å². The van der Waals surface area contributed by atoms with Crippen molar-refractivity contribution in [1.29, 1.82) is 0 Å². The highest BCUT2D eigenvalue weighted by Crippen LogP contribution is 2.31. The summed E-state index contributed by atoms with van der Waals surface area (Å²) >= 11 is 4.44. The molecule has 0 unspecified atom stereocenters. The standard InChI is InChI=1S/C9H7BrN4O2S/c10-6-3-4(7(11)15)9(17-6)13-8(16)5-1-2-12-14-5/h1-3H,(H2,11,15)(H,12,14)(H,13,16). The average molecular weight is 315 g/mol. The number of carbonyl (C=O) groups excluding carboxylic acids is 2. The lowest BCUT2D eigenvalue weighted by molar-refractivity contribution is 0.100. The fraction of sp³-hybridized carbons (Fsp3) is 0. The maximum Gasteiger partial charge on any atom is 0.276 e.